The molecule has 0 amide bonds. The minimum Gasteiger partial charge on any atom is -0.491 e. The van der Waals surface area contributed by atoms with Gasteiger partial charge in [0.2, 0.25) is 0 Å². The molecule has 3 aromatic carbocycles. The van der Waals surface area contributed by atoms with Gasteiger partial charge < -0.3 is 28.4 Å². The Balaban J connectivity index is 1.22. The Kier molecular flexibility index (Phi) is 11.1. The standard InChI is InChI=1S/C47H54O6/c1-7-10-32-23-37(17-20-43(32)51-29-40-26-48-40)46(4,5)35-13-15-36(16-14-35)47(6,38-18-21-44(33(24-38)11-8-2)52-30-41-27-49-41)39-19-22-45(34(25-39)12-9-3)53-31-42-28-50-42/h7-9,13-24,39-42H,1-3,10-12,25-31H2,4-6H3. The van der Waals surface area contributed by atoms with Crippen molar-refractivity contribution in [1.82, 2.24) is 0 Å². The predicted octanol–water partition coefficient (Wildman–Crippen LogP) is 9.15. The van der Waals surface area contributed by atoms with Crippen molar-refractivity contribution in [3.05, 3.63) is 155 Å². The molecule has 5 atom stereocenters. The first-order chi connectivity index (χ1) is 25.7. The molecule has 0 N–H and O–H groups in total. The normalized spacial score (nSPS) is 22.8. The molecule has 0 aromatic heterocycles. The van der Waals surface area contributed by atoms with Crippen LogP contribution in [0.3, 0.4) is 0 Å². The lowest BCUT2D eigenvalue weighted by Gasteiger charge is -2.40. The van der Waals surface area contributed by atoms with Crippen LogP contribution in [0.15, 0.2) is 122 Å². The molecule has 6 heteroatoms. The summed E-state index contributed by atoms with van der Waals surface area (Å²) in [5, 5.41) is 0. The summed E-state index contributed by atoms with van der Waals surface area (Å²) in [5.41, 5.74) is 7.90. The predicted molar refractivity (Wildman–Crippen MR) is 211 cm³/mol. The van der Waals surface area contributed by atoms with Crippen molar-refractivity contribution in [3.8, 4) is 11.5 Å². The van der Waals surface area contributed by atoms with Gasteiger partial charge in [0.05, 0.1) is 19.8 Å². The lowest BCUT2D eigenvalue weighted by Crippen LogP contribution is -2.34. The van der Waals surface area contributed by atoms with Crippen LogP contribution in [0, 0.1) is 5.92 Å². The number of hydrogen-bond donors (Lipinski definition) is 0. The molecule has 7 rings (SSSR count). The smallest absolute Gasteiger partial charge is 0.122 e. The first-order valence-electron chi connectivity index (χ1n) is 19.1. The highest BCUT2D eigenvalue weighted by Gasteiger charge is 2.40. The monoisotopic (exact) mass is 714 g/mol. The molecule has 53 heavy (non-hydrogen) atoms. The van der Waals surface area contributed by atoms with Crippen LogP contribution in [0.1, 0.15) is 67.0 Å². The Morgan fingerprint density at radius 1 is 0.623 bits per heavy atom. The van der Waals surface area contributed by atoms with Gasteiger partial charge in [0.25, 0.3) is 0 Å². The Morgan fingerprint density at radius 3 is 1.62 bits per heavy atom. The summed E-state index contributed by atoms with van der Waals surface area (Å²) in [6, 6.07) is 22.6. The SMILES string of the molecule is C=CCC1=C(OCC2CO2)C=CC(C(C)(c2ccc(C(C)(C)c3ccc(OCC4CO4)c(CC=C)c3)cc2)c2ccc(OCC3CO3)c(CC=C)c2)C1. The zero-order valence-electron chi connectivity index (χ0n) is 31.6. The van der Waals surface area contributed by atoms with E-state index in [0.29, 0.717) is 26.2 Å². The maximum Gasteiger partial charge on any atom is 0.122 e. The summed E-state index contributed by atoms with van der Waals surface area (Å²) in [6.07, 6.45) is 14.1. The topological polar surface area (TPSA) is 65.3 Å². The van der Waals surface area contributed by atoms with Gasteiger partial charge in [0.1, 0.15) is 55.4 Å². The van der Waals surface area contributed by atoms with Crippen molar-refractivity contribution in [1.29, 1.82) is 0 Å². The second kappa shape index (κ2) is 15.9. The van der Waals surface area contributed by atoms with Crippen LogP contribution in [-0.4, -0.2) is 58.0 Å². The third-order valence-electron chi connectivity index (χ3n) is 11.3. The molecule has 0 spiro atoms. The van der Waals surface area contributed by atoms with E-state index in [1.165, 1.54) is 27.8 Å². The van der Waals surface area contributed by atoms with E-state index in [4.69, 9.17) is 28.4 Å². The van der Waals surface area contributed by atoms with Crippen LogP contribution in [0.5, 0.6) is 11.5 Å². The molecular weight excluding hydrogens is 661 g/mol. The van der Waals surface area contributed by atoms with E-state index in [1.807, 2.05) is 18.2 Å². The van der Waals surface area contributed by atoms with E-state index in [1.54, 1.807) is 0 Å². The molecule has 3 saturated heterocycles. The van der Waals surface area contributed by atoms with Gasteiger partial charge in [0, 0.05) is 10.8 Å². The number of benzene rings is 3. The summed E-state index contributed by atoms with van der Waals surface area (Å²) < 4.78 is 34.9. The second-order valence-corrected chi connectivity index (χ2v) is 15.5. The lowest BCUT2D eigenvalue weighted by atomic mass is 9.63. The molecule has 4 aliphatic rings. The first-order valence-corrected chi connectivity index (χ1v) is 19.1. The molecule has 3 aromatic rings. The van der Waals surface area contributed by atoms with E-state index in [-0.39, 0.29) is 35.1 Å². The number of rotatable bonds is 20. The highest BCUT2D eigenvalue weighted by molar-refractivity contribution is 5.51. The second-order valence-electron chi connectivity index (χ2n) is 15.5. The van der Waals surface area contributed by atoms with E-state index >= 15 is 0 Å². The van der Waals surface area contributed by atoms with Gasteiger partial charge in [-0.25, -0.2) is 0 Å². The molecule has 278 valence electrons. The molecule has 3 fully saturated rings. The molecule has 0 bridgehead atoms. The molecule has 0 saturated carbocycles. The summed E-state index contributed by atoms with van der Waals surface area (Å²) in [7, 11) is 0. The van der Waals surface area contributed by atoms with Crippen molar-refractivity contribution < 1.29 is 28.4 Å². The summed E-state index contributed by atoms with van der Waals surface area (Å²) in [5.74, 6) is 2.90. The highest BCUT2D eigenvalue weighted by Crippen LogP contribution is 2.47. The minimum atomic E-state index is -0.369. The first kappa shape index (κ1) is 37.0. The quantitative estimate of drug-likeness (QED) is 0.0860. The van der Waals surface area contributed by atoms with Gasteiger partial charge in [-0.3, -0.25) is 0 Å². The fourth-order valence-electron chi connectivity index (χ4n) is 7.48. The van der Waals surface area contributed by atoms with Crippen LogP contribution >= 0.6 is 0 Å². The van der Waals surface area contributed by atoms with Crippen LogP contribution in [0.25, 0.3) is 0 Å². The van der Waals surface area contributed by atoms with E-state index in [9.17, 15) is 0 Å². The van der Waals surface area contributed by atoms with Crippen molar-refractivity contribution >= 4 is 0 Å². The summed E-state index contributed by atoms with van der Waals surface area (Å²) >= 11 is 0. The van der Waals surface area contributed by atoms with Crippen LogP contribution < -0.4 is 9.47 Å². The van der Waals surface area contributed by atoms with Crippen LogP contribution in [0.2, 0.25) is 0 Å². The minimum absolute atomic E-state index is 0.166. The number of allylic oxidation sites excluding steroid dienone is 6. The largest absolute Gasteiger partial charge is 0.491 e. The number of epoxide rings is 3. The lowest BCUT2D eigenvalue weighted by molar-refractivity contribution is 0.186. The van der Waals surface area contributed by atoms with Gasteiger partial charge in [-0.1, -0.05) is 93.6 Å². The van der Waals surface area contributed by atoms with Gasteiger partial charge in [-0.15, -0.1) is 19.7 Å². The average Bonchev–Trinajstić information content (AvgIpc) is 4.00. The molecule has 1 aliphatic carbocycles. The molecule has 3 heterocycles. The highest BCUT2D eigenvalue weighted by atomic mass is 16.6. The zero-order chi connectivity index (χ0) is 37.0. The van der Waals surface area contributed by atoms with E-state index in [0.717, 1.165) is 67.5 Å². The van der Waals surface area contributed by atoms with Crippen molar-refractivity contribution in [3.63, 3.8) is 0 Å². The van der Waals surface area contributed by atoms with Crippen LogP contribution in [0.4, 0.5) is 0 Å². The molecule has 6 nitrogen and oxygen atoms in total. The number of hydrogen-bond acceptors (Lipinski definition) is 6. The Morgan fingerprint density at radius 2 is 1.09 bits per heavy atom. The van der Waals surface area contributed by atoms with Gasteiger partial charge >= 0.3 is 0 Å². The average molecular weight is 715 g/mol. The maximum atomic E-state index is 6.28. The molecule has 0 radical (unpaired) electrons. The Labute approximate surface area is 315 Å². The Hall–Kier alpha value is -4.36. The van der Waals surface area contributed by atoms with Crippen molar-refractivity contribution in [2.24, 2.45) is 5.92 Å². The molecular formula is C47H54O6. The van der Waals surface area contributed by atoms with Gasteiger partial charge in [0.15, 0.2) is 0 Å². The third-order valence-corrected chi connectivity index (χ3v) is 11.3. The molecule has 5 unspecified atom stereocenters. The maximum absolute atomic E-state index is 6.28. The van der Waals surface area contributed by atoms with Gasteiger partial charge in [-0.2, -0.15) is 0 Å². The summed E-state index contributed by atoms with van der Waals surface area (Å²) in [4.78, 5) is 0. The van der Waals surface area contributed by atoms with Gasteiger partial charge in [-0.05, 0) is 88.8 Å². The van der Waals surface area contributed by atoms with E-state index < -0.39 is 0 Å². The van der Waals surface area contributed by atoms with E-state index in [2.05, 4.69) is 113 Å². The fraction of sp³-hybridized carbons (Fsp3) is 0.404. The molecule has 3 aliphatic heterocycles. The summed E-state index contributed by atoms with van der Waals surface area (Å²) in [6.45, 7) is 23.2. The Bertz CT molecular complexity index is 1860. The number of ether oxygens (including phenoxy) is 6. The van der Waals surface area contributed by atoms with Crippen molar-refractivity contribution in [2.75, 3.05) is 39.6 Å². The van der Waals surface area contributed by atoms with Crippen LogP contribution in [-0.2, 0) is 42.6 Å². The zero-order valence-corrected chi connectivity index (χ0v) is 31.6. The third kappa shape index (κ3) is 8.56. The van der Waals surface area contributed by atoms with Crippen molar-refractivity contribution in [2.45, 2.75) is 75.6 Å². The fourth-order valence-corrected chi connectivity index (χ4v) is 7.48.